The number of nitrogens with zero attached hydrogens (tertiary/aromatic N) is 7. The number of imidazole rings is 1. The first-order chi connectivity index (χ1) is 15.5. The fraction of sp³-hybridized carbons (Fsp3) is 0.522. The van der Waals surface area contributed by atoms with Crippen molar-refractivity contribution in [1.29, 1.82) is 0 Å². The maximum atomic E-state index is 12.6. The van der Waals surface area contributed by atoms with Crippen molar-refractivity contribution >= 4 is 11.9 Å². The maximum Gasteiger partial charge on any atom is 0.225 e. The van der Waals surface area contributed by atoms with Crippen LogP contribution in [0.3, 0.4) is 0 Å². The van der Waals surface area contributed by atoms with Crippen molar-refractivity contribution in [3.05, 3.63) is 53.1 Å². The van der Waals surface area contributed by atoms with Gasteiger partial charge in [-0.1, -0.05) is 0 Å². The third-order valence-electron chi connectivity index (χ3n) is 7.17. The molecule has 3 aromatic rings. The van der Waals surface area contributed by atoms with Gasteiger partial charge in [0.05, 0.1) is 37.2 Å². The Labute approximate surface area is 186 Å². The lowest BCUT2D eigenvalue weighted by atomic mass is 9.98. The Kier molecular flexibility index (Phi) is 4.34. The minimum Gasteiger partial charge on any atom is -0.347 e. The lowest BCUT2D eigenvalue weighted by Crippen LogP contribution is -2.49. The van der Waals surface area contributed by atoms with Gasteiger partial charge in [0.25, 0.3) is 0 Å². The van der Waals surface area contributed by atoms with Crippen molar-refractivity contribution in [3.8, 4) is 0 Å². The van der Waals surface area contributed by atoms with Gasteiger partial charge in [-0.2, -0.15) is 5.10 Å². The van der Waals surface area contributed by atoms with Crippen LogP contribution < -0.4 is 10.2 Å². The van der Waals surface area contributed by atoms with E-state index in [2.05, 4.69) is 25.3 Å². The number of carbonyl (C=O) groups is 1. The summed E-state index contributed by atoms with van der Waals surface area (Å²) in [5, 5.41) is 7.57. The molecule has 2 fully saturated rings. The van der Waals surface area contributed by atoms with Gasteiger partial charge in [-0.15, -0.1) is 0 Å². The molecular weight excluding hydrogens is 404 g/mol. The van der Waals surface area contributed by atoms with E-state index in [1.54, 1.807) is 6.20 Å². The summed E-state index contributed by atoms with van der Waals surface area (Å²) in [5.41, 5.74) is 5.73. The molecule has 1 aliphatic heterocycles. The van der Waals surface area contributed by atoms with Crippen LogP contribution in [0.15, 0.2) is 24.9 Å². The van der Waals surface area contributed by atoms with Crippen molar-refractivity contribution < 1.29 is 4.79 Å². The van der Waals surface area contributed by atoms with Crippen molar-refractivity contribution in [2.45, 2.75) is 51.6 Å². The highest BCUT2D eigenvalue weighted by molar-refractivity contribution is 5.79. The van der Waals surface area contributed by atoms with Crippen molar-refractivity contribution in [3.63, 3.8) is 0 Å². The van der Waals surface area contributed by atoms with Gasteiger partial charge >= 0.3 is 0 Å². The summed E-state index contributed by atoms with van der Waals surface area (Å²) >= 11 is 0. The third-order valence-corrected chi connectivity index (χ3v) is 7.17. The van der Waals surface area contributed by atoms with Crippen molar-refractivity contribution in [2.75, 3.05) is 18.0 Å². The molecule has 1 spiro atoms. The van der Waals surface area contributed by atoms with Crippen LogP contribution in [0, 0.1) is 12.3 Å². The van der Waals surface area contributed by atoms with Gasteiger partial charge in [-0.25, -0.2) is 15.0 Å². The molecule has 1 saturated heterocycles. The molecule has 9 nitrogen and oxygen atoms in total. The van der Waals surface area contributed by atoms with Crippen LogP contribution in [-0.2, 0) is 31.2 Å². The zero-order valence-electron chi connectivity index (χ0n) is 18.6. The first-order valence-electron chi connectivity index (χ1n) is 11.4. The zero-order chi connectivity index (χ0) is 21.9. The van der Waals surface area contributed by atoms with Gasteiger partial charge < -0.3 is 14.8 Å². The molecule has 32 heavy (non-hydrogen) atoms. The molecule has 0 bridgehead atoms. The monoisotopic (exact) mass is 432 g/mol. The molecule has 2 aliphatic carbocycles. The molecule has 4 heterocycles. The molecule has 1 amide bonds. The molecule has 6 rings (SSSR count). The van der Waals surface area contributed by atoms with Crippen molar-refractivity contribution in [1.82, 2.24) is 34.6 Å². The number of amides is 1. The Morgan fingerprint density at radius 3 is 2.88 bits per heavy atom. The van der Waals surface area contributed by atoms with E-state index >= 15 is 0 Å². The molecular formula is C23H28N8O. The molecule has 166 valence electrons. The fourth-order valence-corrected chi connectivity index (χ4v) is 5.00. The van der Waals surface area contributed by atoms with Gasteiger partial charge in [0.15, 0.2) is 0 Å². The van der Waals surface area contributed by atoms with E-state index in [1.165, 1.54) is 18.5 Å². The van der Waals surface area contributed by atoms with Crippen molar-refractivity contribution in [2.24, 2.45) is 12.5 Å². The van der Waals surface area contributed by atoms with Crippen LogP contribution in [0.2, 0.25) is 0 Å². The molecule has 9 heteroatoms. The third kappa shape index (κ3) is 3.45. The minimum atomic E-state index is -0.0000905. The summed E-state index contributed by atoms with van der Waals surface area (Å²) in [7, 11) is 2.00. The fourth-order valence-electron chi connectivity index (χ4n) is 5.00. The van der Waals surface area contributed by atoms with Crippen LogP contribution in [0.25, 0.3) is 0 Å². The van der Waals surface area contributed by atoms with Crippen LogP contribution in [0.1, 0.15) is 53.5 Å². The number of nitrogens with one attached hydrogen (secondary N) is 1. The Balaban J connectivity index is 1.06. The number of aryl methyl sites for hydroxylation is 2. The first-order valence-corrected chi connectivity index (χ1v) is 11.4. The highest BCUT2D eigenvalue weighted by Gasteiger charge is 2.53. The predicted octanol–water partition coefficient (Wildman–Crippen LogP) is 1.71. The molecule has 3 aromatic heterocycles. The highest BCUT2D eigenvalue weighted by Crippen LogP contribution is 2.53. The van der Waals surface area contributed by atoms with E-state index in [0.29, 0.717) is 18.4 Å². The molecule has 1 atom stereocenters. The average molecular weight is 433 g/mol. The summed E-state index contributed by atoms with van der Waals surface area (Å²) in [5.74, 6) is 0.837. The number of fused-ring (bicyclic) bond motifs is 1. The SMILES string of the molecule is Cc1nc(N2CC3(CC3)C2)ncc1Cn1cc(CC(=O)N[C@@H]2CCc3c2ncn3C)cn1. The second-order valence-corrected chi connectivity index (χ2v) is 9.71. The predicted molar refractivity (Wildman–Crippen MR) is 118 cm³/mol. The summed E-state index contributed by atoms with van der Waals surface area (Å²) in [6.45, 7) is 4.81. The topological polar surface area (TPSA) is 93.8 Å². The molecule has 0 unspecified atom stereocenters. The van der Waals surface area contributed by atoms with Gasteiger partial charge in [0.1, 0.15) is 0 Å². The second kappa shape index (κ2) is 7.15. The average Bonchev–Trinajstić information content (AvgIpc) is 3.05. The Hall–Kier alpha value is -3.23. The summed E-state index contributed by atoms with van der Waals surface area (Å²) < 4.78 is 3.89. The lowest BCUT2D eigenvalue weighted by Gasteiger charge is -2.40. The number of hydrogen-bond donors (Lipinski definition) is 1. The normalized spacial score (nSPS) is 20.3. The van der Waals surface area contributed by atoms with Gasteiger partial charge in [-0.3, -0.25) is 9.48 Å². The van der Waals surface area contributed by atoms with E-state index in [4.69, 9.17) is 4.98 Å². The van der Waals surface area contributed by atoms with Crippen LogP contribution in [0.5, 0.6) is 0 Å². The van der Waals surface area contributed by atoms with E-state index < -0.39 is 0 Å². The number of carbonyl (C=O) groups excluding carboxylic acids is 1. The van der Waals surface area contributed by atoms with E-state index in [1.807, 2.05) is 41.9 Å². The zero-order valence-corrected chi connectivity index (χ0v) is 18.6. The van der Waals surface area contributed by atoms with E-state index in [9.17, 15) is 4.79 Å². The standard InChI is InChI=1S/C23H28N8O/c1-15-17(9-24-22(27-15)30-12-23(13-30)5-6-23)11-31-10-16(8-26-31)7-20(32)28-18-3-4-19-21(18)25-14-29(19)2/h8-10,14,18H,3-7,11-13H2,1-2H3,(H,28,32)/t18-/m1/s1. The quantitative estimate of drug-likeness (QED) is 0.637. The Morgan fingerprint density at radius 1 is 1.25 bits per heavy atom. The Bertz CT molecular complexity index is 1180. The molecule has 3 aliphatic rings. The number of anilines is 1. The van der Waals surface area contributed by atoms with Gasteiger partial charge in [0, 0.05) is 54.9 Å². The van der Waals surface area contributed by atoms with E-state index in [-0.39, 0.29) is 11.9 Å². The highest BCUT2D eigenvalue weighted by atomic mass is 16.1. The van der Waals surface area contributed by atoms with Crippen LogP contribution >= 0.6 is 0 Å². The van der Waals surface area contributed by atoms with Crippen LogP contribution in [-0.4, -0.2) is 48.3 Å². The minimum absolute atomic E-state index is 0.0000905. The smallest absolute Gasteiger partial charge is 0.225 e. The molecule has 1 N–H and O–H groups in total. The number of aromatic nitrogens is 6. The molecule has 1 saturated carbocycles. The maximum absolute atomic E-state index is 12.6. The summed E-state index contributed by atoms with van der Waals surface area (Å²) in [6.07, 6.45) is 12.3. The van der Waals surface area contributed by atoms with Gasteiger partial charge in [-0.05, 0) is 38.2 Å². The van der Waals surface area contributed by atoms with E-state index in [0.717, 1.165) is 54.4 Å². The summed E-state index contributed by atoms with van der Waals surface area (Å²) in [6, 6.07) is 0.00765. The second-order valence-electron chi connectivity index (χ2n) is 9.71. The Morgan fingerprint density at radius 2 is 2.09 bits per heavy atom. The number of hydrogen-bond acceptors (Lipinski definition) is 6. The number of rotatable bonds is 6. The lowest BCUT2D eigenvalue weighted by molar-refractivity contribution is -0.121. The molecule has 0 radical (unpaired) electrons. The first kappa shape index (κ1) is 19.5. The largest absolute Gasteiger partial charge is 0.347 e. The molecule has 0 aromatic carbocycles. The summed E-state index contributed by atoms with van der Waals surface area (Å²) in [4.78, 5) is 28.6. The van der Waals surface area contributed by atoms with Gasteiger partial charge in [0.2, 0.25) is 11.9 Å². The van der Waals surface area contributed by atoms with Crippen LogP contribution in [0.4, 0.5) is 5.95 Å².